The molecular weight excluding hydrogens is 336 g/mol. The highest BCUT2D eigenvalue weighted by atomic mass is 35.5. The maximum absolute atomic E-state index is 12.9. The molecular formula is C20H20ClN2O2+. The first kappa shape index (κ1) is 16.3. The molecule has 128 valence electrons. The Labute approximate surface area is 151 Å². The van der Waals surface area contributed by atoms with E-state index in [1.165, 1.54) is 4.90 Å². The highest BCUT2D eigenvalue weighted by Gasteiger charge is 2.21. The molecule has 1 saturated heterocycles. The first-order chi connectivity index (χ1) is 12.2. The lowest BCUT2D eigenvalue weighted by molar-refractivity contribution is -0.921. The Balaban J connectivity index is 1.93. The van der Waals surface area contributed by atoms with Crippen molar-refractivity contribution in [1.29, 1.82) is 0 Å². The average Bonchev–Trinajstić information content (AvgIpc) is 2.64. The van der Waals surface area contributed by atoms with Gasteiger partial charge < -0.3 is 14.6 Å². The van der Waals surface area contributed by atoms with E-state index < -0.39 is 0 Å². The third-order valence-electron chi connectivity index (χ3n) is 4.76. The van der Waals surface area contributed by atoms with Crippen LogP contribution in [0.25, 0.3) is 22.0 Å². The molecule has 2 aromatic carbocycles. The zero-order valence-corrected chi connectivity index (χ0v) is 14.6. The average molecular weight is 356 g/mol. The van der Waals surface area contributed by atoms with E-state index in [1.807, 2.05) is 48.5 Å². The monoisotopic (exact) mass is 355 g/mol. The summed E-state index contributed by atoms with van der Waals surface area (Å²) >= 11 is 6.25. The maximum Gasteiger partial charge on any atom is 0.257 e. The van der Waals surface area contributed by atoms with Gasteiger partial charge in [-0.25, -0.2) is 0 Å². The molecule has 3 aromatic rings. The number of aromatic nitrogens is 1. The summed E-state index contributed by atoms with van der Waals surface area (Å²) in [6, 6.07) is 15.7. The first-order valence-corrected chi connectivity index (χ1v) is 8.91. The minimum absolute atomic E-state index is 0.0207. The van der Waals surface area contributed by atoms with Crippen LogP contribution in [0, 0.1) is 0 Å². The van der Waals surface area contributed by atoms with E-state index in [2.05, 4.69) is 4.98 Å². The topological polar surface area (TPSA) is 46.5 Å². The fraction of sp³-hybridized carbons (Fsp3) is 0.250. The lowest BCUT2D eigenvalue weighted by Gasteiger charge is -2.24. The Hall–Kier alpha value is -2.14. The molecule has 4 nitrogen and oxygen atoms in total. The number of nitrogens with one attached hydrogen (secondary N) is 2. The normalized spacial score (nSPS) is 15.6. The van der Waals surface area contributed by atoms with Gasteiger partial charge in [-0.2, -0.15) is 0 Å². The van der Waals surface area contributed by atoms with Crippen LogP contribution in [0.2, 0.25) is 5.02 Å². The Bertz CT molecular complexity index is 947. The van der Waals surface area contributed by atoms with Gasteiger partial charge in [-0.15, -0.1) is 0 Å². The number of benzene rings is 2. The fourth-order valence-corrected chi connectivity index (χ4v) is 3.67. The van der Waals surface area contributed by atoms with Crippen molar-refractivity contribution in [2.24, 2.45) is 0 Å². The van der Waals surface area contributed by atoms with E-state index in [-0.39, 0.29) is 5.56 Å². The number of H-pyrrole nitrogens is 1. The number of ether oxygens (including phenoxy) is 1. The largest absolute Gasteiger partial charge is 0.370 e. The van der Waals surface area contributed by atoms with Gasteiger partial charge >= 0.3 is 0 Å². The van der Waals surface area contributed by atoms with Crippen molar-refractivity contribution in [3.63, 3.8) is 0 Å². The van der Waals surface area contributed by atoms with Gasteiger partial charge in [-0.1, -0.05) is 41.9 Å². The predicted molar refractivity (Wildman–Crippen MR) is 100 cm³/mol. The molecule has 0 bridgehead atoms. The van der Waals surface area contributed by atoms with Gasteiger partial charge in [0.25, 0.3) is 5.56 Å². The van der Waals surface area contributed by atoms with E-state index in [0.29, 0.717) is 11.6 Å². The van der Waals surface area contributed by atoms with Crippen LogP contribution in [0.15, 0.2) is 53.3 Å². The Kier molecular flexibility index (Phi) is 4.57. The number of fused-ring (bicyclic) bond motifs is 1. The van der Waals surface area contributed by atoms with E-state index in [1.54, 1.807) is 0 Å². The van der Waals surface area contributed by atoms with Crippen molar-refractivity contribution in [3.05, 3.63) is 69.5 Å². The van der Waals surface area contributed by atoms with Gasteiger partial charge in [-0.3, -0.25) is 4.79 Å². The summed E-state index contributed by atoms with van der Waals surface area (Å²) in [5.41, 5.74) is 3.64. The number of morpholine rings is 1. The minimum Gasteiger partial charge on any atom is -0.370 e. The second kappa shape index (κ2) is 7.00. The van der Waals surface area contributed by atoms with Crippen molar-refractivity contribution < 1.29 is 9.64 Å². The molecule has 2 N–H and O–H groups in total. The second-order valence-electron chi connectivity index (χ2n) is 6.40. The van der Waals surface area contributed by atoms with Gasteiger partial charge in [0, 0.05) is 21.5 Å². The molecule has 1 fully saturated rings. The smallest absolute Gasteiger partial charge is 0.257 e. The highest BCUT2D eigenvalue weighted by Crippen LogP contribution is 2.30. The summed E-state index contributed by atoms with van der Waals surface area (Å²) < 4.78 is 5.44. The van der Waals surface area contributed by atoms with E-state index in [0.717, 1.165) is 53.9 Å². The molecule has 1 aliphatic heterocycles. The molecule has 0 aliphatic carbocycles. The van der Waals surface area contributed by atoms with Crippen molar-refractivity contribution in [1.82, 2.24) is 4.98 Å². The van der Waals surface area contributed by atoms with Gasteiger partial charge in [0.15, 0.2) is 0 Å². The Morgan fingerprint density at radius 3 is 2.60 bits per heavy atom. The molecule has 25 heavy (non-hydrogen) atoms. The zero-order valence-electron chi connectivity index (χ0n) is 13.8. The molecule has 0 radical (unpaired) electrons. The lowest BCUT2D eigenvalue weighted by atomic mass is 9.96. The van der Waals surface area contributed by atoms with Crippen LogP contribution in [0.5, 0.6) is 0 Å². The summed E-state index contributed by atoms with van der Waals surface area (Å²) in [6.45, 7) is 4.01. The molecule has 1 aromatic heterocycles. The van der Waals surface area contributed by atoms with Crippen LogP contribution < -0.4 is 10.5 Å². The van der Waals surface area contributed by atoms with Crippen LogP contribution in [0.3, 0.4) is 0 Å². The summed E-state index contributed by atoms with van der Waals surface area (Å²) in [5.74, 6) is 0. The number of aromatic amines is 1. The number of hydrogen-bond acceptors (Lipinski definition) is 2. The molecule has 2 heterocycles. The van der Waals surface area contributed by atoms with Crippen LogP contribution in [-0.4, -0.2) is 31.3 Å². The SMILES string of the molecule is O=c1[nH]c2ccc(Cl)cc2c(-c2ccccc2)c1C[NH+]1CCOCC1. The summed E-state index contributed by atoms with van der Waals surface area (Å²) in [6.07, 6.45) is 0. The highest BCUT2D eigenvalue weighted by molar-refractivity contribution is 6.31. The van der Waals surface area contributed by atoms with Gasteiger partial charge in [0.05, 0.1) is 18.8 Å². The molecule has 0 atom stereocenters. The van der Waals surface area contributed by atoms with Crippen LogP contribution in [0.4, 0.5) is 0 Å². The molecule has 1 aliphatic rings. The van der Waals surface area contributed by atoms with E-state index >= 15 is 0 Å². The number of rotatable bonds is 3. The first-order valence-electron chi connectivity index (χ1n) is 8.53. The maximum atomic E-state index is 12.9. The van der Waals surface area contributed by atoms with Crippen molar-refractivity contribution in [2.45, 2.75) is 6.54 Å². The molecule has 0 saturated carbocycles. The van der Waals surface area contributed by atoms with Gasteiger partial charge in [-0.05, 0) is 23.8 Å². The zero-order chi connectivity index (χ0) is 17.2. The number of hydrogen-bond donors (Lipinski definition) is 2. The van der Waals surface area contributed by atoms with Crippen molar-refractivity contribution >= 4 is 22.5 Å². The minimum atomic E-state index is -0.0207. The van der Waals surface area contributed by atoms with Gasteiger partial charge in [0.1, 0.15) is 19.6 Å². The molecule has 5 heteroatoms. The molecule has 4 rings (SSSR count). The Morgan fingerprint density at radius 2 is 1.84 bits per heavy atom. The van der Waals surface area contributed by atoms with Gasteiger partial charge in [0.2, 0.25) is 0 Å². The van der Waals surface area contributed by atoms with Crippen molar-refractivity contribution in [3.8, 4) is 11.1 Å². The third-order valence-corrected chi connectivity index (χ3v) is 5.00. The van der Waals surface area contributed by atoms with E-state index in [9.17, 15) is 4.79 Å². The number of halogens is 1. The fourth-order valence-electron chi connectivity index (χ4n) is 3.50. The third kappa shape index (κ3) is 3.33. The van der Waals surface area contributed by atoms with Crippen molar-refractivity contribution in [2.75, 3.05) is 26.3 Å². The van der Waals surface area contributed by atoms with Crippen LogP contribution in [-0.2, 0) is 11.3 Å². The summed E-state index contributed by atoms with van der Waals surface area (Å²) in [5, 5.41) is 1.65. The standard InChI is InChI=1S/C20H19ClN2O2/c21-15-6-7-18-16(12-15)19(14-4-2-1-3-5-14)17(20(24)22-18)13-23-8-10-25-11-9-23/h1-7,12H,8-11,13H2,(H,22,24)/p+1. The quantitative estimate of drug-likeness (QED) is 0.757. The summed E-state index contributed by atoms with van der Waals surface area (Å²) in [7, 11) is 0. The summed E-state index contributed by atoms with van der Waals surface area (Å²) in [4.78, 5) is 17.2. The predicted octanol–water partition coefficient (Wildman–Crippen LogP) is 2.26. The molecule has 0 unspecified atom stereocenters. The molecule has 0 amide bonds. The van der Waals surface area contributed by atoms with Crippen LogP contribution in [0.1, 0.15) is 5.56 Å². The Morgan fingerprint density at radius 1 is 1.08 bits per heavy atom. The van der Waals surface area contributed by atoms with E-state index in [4.69, 9.17) is 16.3 Å². The lowest BCUT2D eigenvalue weighted by Crippen LogP contribution is -3.13. The second-order valence-corrected chi connectivity index (χ2v) is 6.84. The van der Waals surface area contributed by atoms with Crippen LogP contribution >= 0.6 is 11.6 Å². The molecule has 0 spiro atoms. The number of quaternary nitrogens is 1. The number of pyridine rings is 1.